The molecule has 0 amide bonds. The van der Waals surface area contributed by atoms with E-state index in [1.807, 2.05) is 49.3 Å². The molecule has 41 heavy (non-hydrogen) atoms. The van der Waals surface area contributed by atoms with Crippen molar-refractivity contribution in [2.45, 2.75) is 19.9 Å². The quantitative estimate of drug-likeness (QED) is 0.199. The van der Waals surface area contributed by atoms with Crippen LogP contribution in [0.25, 0.3) is 55.7 Å². The average molecular weight is 551 g/mol. The zero-order valence-corrected chi connectivity index (χ0v) is 23.4. The number of halogens is 1. The SMILES string of the molecule is CC(C)Nc1cncc(-c2ccc3[nH]nc(-c4cc5c(-c6cc(F)cc(OCCN(C)C)c6)cncc5[nH]4)c3n2)c1. The molecule has 5 aromatic heterocycles. The van der Waals surface area contributed by atoms with E-state index in [1.165, 1.54) is 12.1 Å². The summed E-state index contributed by atoms with van der Waals surface area (Å²) in [6.07, 6.45) is 7.10. The number of rotatable bonds is 9. The number of fused-ring (bicyclic) bond motifs is 2. The first kappa shape index (κ1) is 26.4. The highest BCUT2D eigenvalue weighted by atomic mass is 19.1. The number of aromatic nitrogens is 6. The number of hydrogen-bond donors (Lipinski definition) is 3. The van der Waals surface area contributed by atoms with Gasteiger partial charge in [0.05, 0.1) is 34.3 Å². The number of pyridine rings is 3. The molecule has 0 fully saturated rings. The fraction of sp³-hybridized carbons (Fsp3) is 0.226. The molecule has 9 nitrogen and oxygen atoms in total. The topological polar surface area (TPSA) is 108 Å². The highest BCUT2D eigenvalue weighted by molar-refractivity contribution is 6.00. The zero-order chi connectivity index (χ0) is 28.5. The summed E-state index contributed by atoms with van der Waals surface area (Å²) in [6, 6.07) is 13.0. The number of H-pyrrole nitrogens is 2. The van der Waals surface area contributed by atoms with Gasteiger partial charge in [0.15, 0.2) is 0 Å². The molecule has 0 saturated carbocycles. The third-order valence-corrected chi connectivity index (χ3v) is 6.69. The summed E-state index contributed by atoms with van der Waals surface area (Å²) >= 11 is 0. The highest BCUT2D eigenvalue weighted by Crippen LogP contribution is 2.35. The van der Waals surface area contributed by atoms with Crippen LogP contribution in [0.2, 0.25) is 0 Å². The van der Waals surface area contributed by atoms with Crippen molar-refractivity contribution in [2.75, 3.05) is 32.6 Å². The van der Waals surface area contributed by atoms with Crippen LogP contribution in [-0.2, 0) is 0 Å². The fourth-order valence-corrected chi connectivity index (χ4v) is 4.80. The van der Waals surface area contributed by atoms with Crippen molar-refractivity contribution >= 4 is 27.6 Å². The van der Waals surface area contributed by atoms with E-state index in [0.717, 1.165) is 56.7 Å². The van der Waals surface area contributed by atoms with Crippen LogP contribution in [0.1, 0.15) is 13.8 Å². The molecule has 0 unspecified atom stereocenters. The summed E-state index contributed by atoms with van der Waals surface area (Å²) in [5, 5.41) is 11.9. The fourth-order valence-electron chi connectivity index (χ4n) is 4.80. The third-order valence-electron chi connectivity index (χ3n) is 6.69. The molecule has 0 bridgehead atoms. The lowest BCUT2D eigenvalue weighted by molar-refractivity contribution is 0.260. The monoisotopic (exact) mass is 550 g/mol. The molecule has 3 N–H and O–H groups in total. The molecule has 1 aromatic carbocycles. The number of anilines is 1. The molecule has 208 valence electrons. The van der Waals surface area contributed by atoms with Crippen LogP contribution in [-0.4, -0.2) is 68.3 Å². The van der Waals surface area contributed by atoms with Crippen molar-refractivity contribution in [3.05, 3.63) is 73.1 Å². The minimum atomic E-state index is -0.368. The lowest BCUT2D eigenvalue weighted by atomic mass is 10.0. The Kier molecular flexibility index (Phi) is 7.07. The molecule has 0 saturated heterocycles. The van der Waals surface area contributed by atoms with Crippen LogP contribution in [0.5, 0.6) is 5.75 Å². The number of ether oxygens (including phenoxy) is 1. The van der Waals surface area contributed by atoms with Crippen molar-refractivity contribution in [2.24, 2.45) is 0 Å². The predicted octanol–water partition coefficient (Wildman–Crippen LogP) is 6.13. The smallest absolute Gasteiger partial charge is 0.135 e. The maximum atomic E-state index is 14.6. The lowest BCUT2D eigenvalue weighted by Crippen LogP contribution is -2.19. The van der Waals surface area contributed by atoms with Crippen LogP contribution in [0.4, 0.5) is 10.1 Å². The molecule has 0 aliphatic heterocycles. The molecule has 6 rings (SSSR count). The summed E-state index contributed by atoms with van der Waals surface area (Å²) in [6.45, 7) is 5.36. The molecule has 6 aromatic rings. The second kappa shape index (κ2) is 11.0. The van der Waals surface area contributed by atoms with Crippen molar-refractivity contribution in [3.63, 3.8) is 0 Å². The molecule has 0 radical (unpaired) electrons. The number of aromatic amines is 2. The van der Waals surface area contributed by atoms with Crippen LogP contribution >= 0.6 is 0 Å². The van der Waals surface area contributed by atoms with Crippen LogP contribution in [0.15, 0.2) is 67.3 Å². The van der Waals surface area contributed by atoms with E-state index in [1.54, 1.807) is 24.8 Å². The molecular formula is C31H31FN8O. The largest absolute Gasteiger partial charge is 0.492 e. The second-order valence-corrected chi connectivity index (χ2v) is 10.6. The zero-order valence-electron chi connectivity index (χ0n) is 23.4. The Hall–Kier alpha value is -4.83. The normalized spacial score (nSPS) is 11.7. The van der Waals surface area contributed by atoms with E-state index in [4.69, 9.17) is 9.72 Å². The standard InChI is InChI=1S/C31H31FN8O/c1-18(2)35-22-10-20(14-33-15-22)26-5-6-27-30(37-26)31(39-38-27)28-13-24-25(16-34-17-29(24)36-28)19-9-21(32)12-23(11-19)41-8-7-40(3)4/h5-6,9-18,35-36H,7-8H2,1-4H3,(H,38,39). The van der Waals surface area contributed by atoms with Gasteiger partial charge in [-0.05, 0) is 69.9 Å². The van der Waals surface area contributed by atoms with Gasteiger partial charge in [0.1, 0.15) is 29.4 Å². The summed E-state index contributed by atoms with van der Waals surface area (Å²) in [5.41, 5.74) is 7.91. The molecule has 0 aliphatic carbocycles. The third kappa shape index (κ3) is 5.59. The van der Waals surface area contributed by atoms with Crippen LogP contribution < -0.4 is 10.1 Å². The van der Waals surface area contributed by atoms with Crippen molar-refractivity contribution < 1.29 is 9.13 Å². The molecule has 10 heteroatoms. The van der Waals surface area contributed by atoms with E-state index in [0.29, 0.717) is 29.7 Å². The Labute approximate surface area is 236 Å². The molecular weight excluding hydrogens is 519 g/mol. The first-order chi connectivity index (χ1) is 19.8. The predicted molar refractivity (Wildman–Crippen MR) is 160 cm³/mol. The first-order valence-electron chi connectivity index (χ1n) is 13.5. The number of nitrogens with one attached hydrogen (secondary N) is 3. The Balaban J connectivity index is 1.37. The van der Waals surface area contributed by atoms with Gasteiger partial charge in [-0.25, -0.2) is 9.37 Å². The van der Waals surface area contributed by atoms with E-state index < -0.39 is 0 Å². The number of benzene rings is 1. The van der Waals surface area contributed by atoms with E-state index in [9.17, 15) is 4.39 Å². The molecule has 5 heterocycles. The Bertz CT molecular complexity index is 1840. The van der Waals surface area contributed by atoms with Gasteiger partial charge in [0.2, 0.25) is 0 Å². The summed E-state index contributed by atoms with van der Waals surface area (Å²) in [4.78, 5) is 19.2. The van der Waals surface area contributed by atoms with E-state index in [-0.39, 0.29) is 5.82 Å². The highest BCUT2D eigenvalue weighted by Gasteiger charge is 2.17. The number of hydrogen-bond acceptors (Lipinski definition) is 7. The van der Waals surface area contributed by atoms with Gasteiger partial charge in [-0.2, -0.15) is 5.10 Å². The van der Waals surface area contributed by atoms with Gasteiger partial charge in [0, 0.05) is 53.8 Å². The van der Waals surface area contributed by atoms with Gasteiger partial charge in [-0.1, -0.05) is 0 Å². The summed E-state index contributed by atoms with van der Waals surface area (Å²) < 4.78 is 20.4. The van der Waals surface area contributed by atoms with Gasteiger partial charge in [-0.15, -0.1) is 0 Å². The lowest BCUT2D eigenvalue weighted by Gasteiger charge is -2.12. The minimum absolute atomic E-state index is 0.291. The number of likely N-dealkylation sites (N-methyl/N-ethyl adjacent to an activating group) is 1. The Morgan fingerprint density at radius 3 is 2.63 bits per heavy atom. The van der Waals surface area contributed by atoms with Gasteiger partial charge < -0.3 is 19.9 Å². The van der Waals surface area contributed by atoms with Crippen molar-refractivity contribution in [1.29, 1.82) is 0 Å². The van der Waals surface area contributed by atoms with Crippen molar-refractivity contribution in [1.82, 2.24) is 35.0 Å². The van der Waals surface area contributed by atoms with E-state index >= 15 is 0 Å². The minimum Gasteiger partial charge on any atom is -0.492 e. The van der Waals surface area contributed by atoms with Gasteiger partial charge in [0.25, 0.3) is 0 Å². The summed E-state index contributed by atoms with van der Waals surface area (Å²) in [5.74, 6) is 0.110. The average Bonchev–Trinajstić information content (AvgIpc) is 3.56. The van der Waals surface area contributed by atoms with E-state index in [2.05, 4.69) is 44.3 Å². The first-order valence-corrected chi connectivity index (χ1v) is 13.5. The van der Waals surface area contributed by atoms with Crippen molar-refractivity contribution in [3.8, 4) is 39.5 Å². The summed E-state index contributed by atoms with van der Waals surface area (Å²) in [7, 11) is 3.93. The molecule has 0 spiro atoms. The Morgan fingerprint density at radius 1 is 0.951 bits per heavy atom. The second-order valence-electron chi connectivity index (χ2n) is 10.6. The molecule has 0 aliphatic rings. The maximum Gasteiger partial charge on any atom is 0.135 e. The van der Waals surface area contributed by atoms with Crippen LogP contribution in [0.3, 0.4) is 0 Å². The van der Waals surface area contributed by atoms with Gasteiger partial charge in [-0.3, -0.25) is 15.1 Å². The maximum absolute atomic E-state index is 14.6. The Morgan fingerprint density at radius 2 is 1.80 bits per heavy atom. The van der Waals surface area contributed by atoms with Crippen LogP contribution in [0, 0.1) is 5.82 Å². The number of nitrogens with zero attached hydrogens (tertiary/aromatic N) is 5. The van der Waals surface area contributed by atoms with Gasteiger partial charge >= 0.3 is 0 Å². The molecule has 0 atom stereocenters.